The number of oxazole rings is 1. The van der Waals surface area contributed by atoms with Gasteiger partial charge in [-0.05, 0) is 12.1 Å². The predicted octanol–water partition coefficient (Wildman–Crippen LogP) is 1.77. The minimum atomic E-state index is -0.362. The molecule has 1 aromatic heterocycles. The summed E-state index contributed by atoms with van der Waals surface area (Å²) < 4.78 is 24.1. The molecule has 0 unspecified atom stereocenters. The molecule has 0 bridgehead atoms. The van der Waals surface area contributed by atoms with Crippen molar-refractivity contribution in [2.24, 2.45) is 0 Å². The van der Waals surface area contributed by atoms with Crippen LogP contribution in [0.2, 0.25) is 0 Å². The Bertz CT molecular complexity index is 646. The largest absolute Gasteiger partial charge is 0.441 e. The fourth-order valence-electron chi connectivity index (χ4n) is 2.11. The van der Waals surface area contributed by atoms with Gasteiger partial charge >= 0.3 is 0 Å². The van der Waals surface area contributed by atoms with Gasteiger partial charge in [0.1, 0.15) is 5.82 Å². The van der Waals surface area contributed by atoms with E-state index >= 15 is 0 Å². The molecule has 0 radical (unpaired) electrons. The van der Waals surface area contributed by atoms with Gasteiger partial charge in [-0.2, -0.15) is 0 Å². The lowest BCUT2D eigenvalue weighted by Gasteiger charge is -2.05. The highest BCUT2D eigenvalue weighted by Crippen LogP contribution is 2.23. The molecule has 1 heterocycles. The van der Waals surface area contributed by atoms with Gasteiger partial charge in [0.15, 0.2) is 11.7 Å². The monoisotopic (exact) mass is 335 g/mol. The van der Waals surface area contributed by atoms with Crippen LogP contribution in [-0.2, 0) is 16.0 Å². The van der Waals surface area contributed by atoms with Crippen molar-refractivity contribution in [2.45, 2.75) is 12.8 Å². The molecule has 24 heavy (non-hydrogen) atoms. The average molecular weight is 335 g/mol. The van der Waals surface area contributed by atoms with Crippen molar-refractivity contribution in [3.05, 3.63) is 42.2 Å². The number of carbonyl (C=O) groups excluding carboxylic acids is 1. The summed E-state index contributed by atoms with van der Waals surface area (Å²) in [6.45, 7) is 2.63. The van der Waals surface area contributed by atoms with E-state index in [9.17, 15) is 9.18 Å². The number of carbonyl (C=O) groups is 1. The van der Waals surface area contributed by atoms with Gasteiger partial charge < -0.3 is 19.8 Å². The Morgan fingerprint density at radius 2 is 2.12 bits per heavy atom. The average Bonchev–Trinajstić information content (AvgIpc) is 3.05. The lowest BCUT2D eigenvalue weighted by molar-refractivity contribution is -0.121. The minimum absolute atomic E-state index is 0.0748. The maximum Gasteiger partial charge on any atom is 0.220 e. The van der Waals surface area contributed by atoms with Crippen LogP contribution in [0.15, 0.2) is 34.9 Å². The first kappa shape index (κ1) is 18.1. The molecule has 0 saturated carbocycles. The third kappa shape index (κ3) is 5.75. The first-order valence-electron chi connectivity index (χ1n) is 7.86. The van der Waals surface area contributed by atoms with E-state index in [1.807, 2.05) is 0 Å². The van der Waals surface area contributed by atoms with Crippen LogP contribution < -0.4 is 10.6 Å². The fourth-order valence-corrected chi connectivity index (χ4v) is 2.11. The number of halogens is 1. The number of benzene rings is 1. The molecule has 7 heteroatoms. The molecule has 0 aliphatic carbocycles. The highest BCUT2D eigenvalue weighted by molar-refractivity contribution is 5.76. The van der Waals surface area contributed by atoms with Crippen LogP contribution in [0.5, 0.6) is 0 Å². The molecule has 0 atom stereocenters. The number of nitrogens with one attached hydrogen (secondary N) is 2. The van der Waals surface area contributed by atoms with Gasteiger partial charge in [0.05, 0.1) is 18.4 Å². The van der Waals surface area contributed by atoms with Crippen molar-refractivity contribution in [1.29, 1.82) is 0 Å². The first-order valence-corrected chi connectivity index (χ1v) is 7.86. The van der Waals surface area contributed by atoms with Crippen molar-refractivity contribution in [1.82, 2.24) is 15.6 Å². The maximum absolute atomic E-state index is 13.7. The summed E-state index contributed by atoms with van der Waals surface area (Å²) >= 11 is 0. The molecule has 0 spiro atoms. The second kappa shape index (κ2) is 9.79. The third-order valence-electron chi connectivity index (χ3n) is 3.37. The summed E-state index contributed by atoms with van der Waals surface area (Å²) in [6.07, 6.45) is 2.12. The molecule has 2 rings (SSSR count). The van der Waals surface area contributed by atoms with Crippen LogP contribution in [0.4, 0.5) is 4.39 Å². The van der Waals surface area contributed by atoms with Crippen molar-refractivity contribution in [3.63, 3.8) is 0 Å². The molecule has 6 nitrogen and oxygen atoms in total. The minimum Gasteiger partial charge on any atom is -0.441 e. The predicted molar refractivity (Wildman–Crippen MR) is 88.0 cm³/mol. The lowest BCUT2D eigenvalue weighted by atomic mass is 10.2. The van der Waals surface area contributed by atoms with Crippen LogP contribution >= 0.6 is 0 Å². The van der Waals surface area contributed by atoms with E-state index in [-0.39, 0.29) is 18.1 Å². The highest BCUT2D eigenvalue weighted by atomic mass is 19.1. The molecular formula is C17H22FN3O3. The van der Waals surface area contributed by atoms with E-state index in [0.717, 1.165) is 6.54 Å². The SMILES string of the molecule is COCCNCCNC(=O)CCc1ncc(-c2ccccc2F)o1. The zero-order chi connectivity index (χ0) is 17.2. The number of nitrogens with zero attached hydrogens (tertiary/aromatic N) is 1. The standard InChI is InChI=1S/C17H22FN3O3/c1-23-11-10-19-8-9-20-16(22)6-7-17-21-12-15(24-17)13-4-2-3-5-14(13)18/h2-5,12,19H,6-11H2,1H3,(H,20,22). The van der Waals surface area contributed by atoms with E-state index in [2.05, 4.69) is 15.6 Å². The molecular weight excluding hydrogens is 313 g/mol. The molecule has 2 aromatic rings. The lowest BCUT2D eigenvalue weighted by Crippen LogP contribution is -2.33. The summed E-state index contributed by atoms with van der Waals surface area (Å²) in [4.78, 5) is 15.8. The summed E-state index contributed by atoms with van der Waals surface area (Å²) in [5.74, 6) is 0.348. The van der Waals surface area contributed by atoms with Crippen molar-refractivity contribution >= 4 is 5.91 Å². The van der Waals surface area contributed by atoms with Gasteiger partial charge in [0.25, 0.3) is 0 Å². The number of aromatic nitrogens is 1. The van der Waals surface area contributed by atoms with Crippen LogP contribution in [-0.4, -0.2) is 44.2 Å². The summed E-state index contributed by atoms with van der Waals surface area (Å²) in [6, 6.07) is 6.34. The Morgan fingerprint density at radius 3 is 2.92 bits per heavy atom. The number of hydrogen-bond donors (Lipinski definition) is 2. The normalized spacial score (nSPS) is 10.8. The quantitative estimate of drug-likeness (QED) is 0.647. The highest BCUT2D eigenvalue weighted by Gasteiger charge is 2.11. The summed E-state index contributed by atoms with van der Waals surface area (Å²) in [5, 5.41) is 5.94. The second-order valence-corrected chi connectivity index (χ2v) is 5.19. The van der Waals surface area contributed by atoms with Crippen molar-refractivity contribution in [2.75, 3.05) is 33.4 Å². The molecule has 0 aliphatic rings. The topological polar surface area (TPSA) is 76.4 Å². The Morgan fingerprint density at radius 1 is 1.29 bits per heavy atom. The van der Waals surface area contributed by atoms with Gasteiger partial charge in [0.2, 0.25) is 5.91 Å². The van der Waals surface area contributed by atoms with E-state index in [1.54, 1.807) is 25.3 Å². The number of aryl methyl sites for hydroxylation is 1. The van der Waals surface area contributed by atoms with Crippen LogP contribution in [0.25, 0.3) is 11.3 Å². The maximum atomic E-state index is 13.7. The van der Waals surface area contributed by atoms with Crippen molar-refractivity contribution in [3.8, 4) is 11.3 Å². The Balaban J connectivity index is 1.71. The molecule has 0 saturated heterocycles. The molecule has 1 aromatic carbocycles. The Labute approximate surface area is 140 Å². The second-order valence-electron chi connectivity index (χ2n) is 5.19. The van der Waals surface area contributed by atoms with Gasteiger partial charge in [-0.15, -0.1) is 0 Å². The van der Waals surface area contributed by atoms with E-state index in [0.29, 0.717) is 43.3 Å². The molecule has 0 fully saturated rings. The molecule has 1 amide bonds. The van der Waals surface area contributed by atoms with Gasteiger partial charge in [0, 0.05) is 39.6 Å². The van der Waals surface area contributed by atoms with Gasteiger partial charge in [-0.3, -0.25) is 4.79 Å². The Hall–Kier alpha value is -2.25. The zero-order valence-corrected chi connectivity index (χ0v) is 13.7. The number of hydrogen-bond acceptors (Lipinski definition) is 5. The van der Waals surface area contributed by atoms with Crippen molar-refractivity contribution < 1.29 is 18.3 Å². The number of amides is 1. The smallest absolute Gasteiger partial charge is 0.220 e. The molecule has 130 valence electrons. The van der Waals surface area contributed by atoms with Gasteiger partial charge in [-0.1, -0.05) is 12.1 Å². The number of rotatable bonds is 10. The number of ether oxygens (including phenoxy) is 1. The van der Waals surface area contributed by atoms with Crippen LogP contribution in [0, 0.1) is 5.82 Å². The van der Waals surface area contributed by atoms with Gasteiger partial charge in [-0.25, -0.2) is 9.37 Å². The van der Waals surface area contributed by atoms with Crippen LogP contribution in [0.1, 0.15) is 12.3 Å². The summed E-state index contributed by atoms with van der Waals surface area (Å²) in [7, 11) is 1.64. The van der Waals surface area contributed by atoms with E-state index in [4.69, 9.17) is 9.15 Å². The molecule has 0 aliphatic heterocycles. The Kier molecular flexibility index (Phi) is 7.38. The van der Waals surface area contributed by atoms with Crippen LogP contribution in [0.3, 0.4) is 0 Å². The fraction of sp³-hybridized carbons (Fsp3) is 0.412. The van der Waals surface area contributed by atoms with E-state index < -0.39 is 0 Å². The molecule has 2 N–H and O–H groups in total. The summed E-state index contributed by atoms with van der Waals surface area (Å²) in [5.41, 5.74) is 0.364. The number of methoxy groups -OCH3 is 1. The first-order chi connectivity index (χ1) is 11.7. The zero-order valence-electron chi connectivity index (χ0n) is 13.7. The van der Waals surface area contributed by atoms with E-state index in [1.165, 1.54) is 12.3 Å². The third-order valence-corrected chi connectivity index (χ3v) is 3.37.